The van der Waals surface area contributed by atoms with E-state index in [0.717, 1.165) is 54.9 Å². The largest absolute Gasteiger partial charge is 0.374 e. The Morgan fingerprint density at radius 1 is 1.14 bits per heavy atom. The molecular weight excluding hydrogens is 364 g/mol. The summed E-state index contributed by atoms with van der Waals surface area (Å²) in [5, 5.41) is 6.31. The number of carbonyl (C=O) groups excluding carboxylic acids is 2. The number of nitrogens with two attached hydrogens (primary N) is 1. The summed E-state index contributed by atoms with van der Waals surface area (Å²) in [6.45, 7) is 3.28. The van der Waals surface area contributed by atoms with Gasteiger partial charge in [-0.15, -0.1) is 0 Å². The van der Waals surface area contributed by atoms with Crippen molar-refractivity contribution in [3.05, 3.63) is 54.1 Å². The quantitative estimate of drug-likeness (QED) is 0.634. The molecule has 1 aliphatic rings. The molecule has 0 radical (unpaired) electrons. The van der Waals surface area contributed by atoms with Gasteiger partial charge in [0, 0.05) is 36.6 Å². The number of amides is 2. The molecule has 154 valence electrons. The predicted molar refractivity (Wildman–Crippen MR) is 118 cm³/mol. The second kappa shape index (κ2) is 10.1. The molecule has 6 heteroatoms. The molecule has 0 aromatic heterocycles. The normalized spacial score (nSPS) is 15.1. The van der Waals surface area contributed by atoms with Crippen molar-refractivity contribution >= 4 is 28.9 Å². The van der Waals surface area contributed by atoms with Crippen LogP contribution in [0.4, 0.5) is 17.1 Å². The maximum Gasteiger partial charge on any atom is 0.246 e. The van der Waals surface area contributed by atoms with Gasteiger partial charge in [-0.1, -0.05) is 25.5 Å². The summed E-state index contributed by atoms with van der Waals surface area (Å²) in [5.41, 5.74) is 9.23. The fourth-order valence-corrected chi connectivity index (χ4v) is 3.58. The Bertz CT molecular complexity index is 835. The van der Waals surface area contributed by atoms with Crippen LogP contribution in [0, 0.1) is 0 Å². The summed E-state index contributed by atoms with van der Waals surface area (Å²) in [4.78, 5) is 26.7. The monoisotopic (exact) mass is 394 g/mol. The molecule has 1 saturated heterocycles. The third kappa shape index (κ3) is 5.57. The van der Waals surface area contributed by atoms with Crippen LogP contribution in [0.1, 0.15) is 44.6 Å². The van der Waals surface area contributed by atoms with E-state index in [-0.39, 0.29) is 17.9 Å². The summed E-state index contributed by atoms with van der Waals surface area (Å²) >= 11 is 0. The fourth-order valence-electron chi connectivity index (χ4n) is 3.58. The van der Waals surface area contributed by atoms with Crippen LogP contribution in [0.25, 0.3) is 0 Å². The predicted octanol–water partition coefficient (Wildman–Crippen LogP) is 3.88. The lowest BCUT2D eigenvalue weighted by Crippen LogP contribution is -2.35. The van der Waals surface area contributed by atoms with Gasteiger partial charge >= 0.3 is 0 Å². The Balaban J connectivity index is 1.65. The first-order chi connectivity index (χ1) is 14.1. The van der Waals surface area contributed by atoms with Gasteiger partial charge in [0.2, 0.25) is 11.8 Å². The van der Waals surface area contributed by atoms with Crippen molar-refractivity contribution < 1.29 is 9.59 Å². The van der Waals surface area contributed by atoms with Crippen molar-refractivity contribution in [2.45, 2.75) is 51.6 Å². The minimum atomic E-state index is -0.337. The van der Waals surface area contributed by atoms with Crippen molar-refractivity contribution in [1.29, 1.82) is 0 Å². The number of rotatable bonds is 8. The lowest BCUT2D eigenvalue weighted by atomic mass is 10.1. The van der Waals surface area contributed by atoms with Crippen molar-refractivity contribution in [2.24, 2.45) is 5.73 Å². The first-order valence-electron chi connectivity index (χ1n) is 10.4. The number of anilines is 3. The van der Waals surface area contributed by atoms with Crippen LogP contribution in [0.5, 0.6) is 0 Å². The van der Waals surface area contributed by atoms with Crippen molar-refractivity contribution in [2.75, 3.05) is 22.1 Å². The SMILES string of the molecule is CCC[C@H](Nc1cccc(CN)c1)C(=O)Nc1ccc(N2CCCCC2=O)cc1. The molecule has 0 bridgehead atoms. The summed E-state index contributed by atoms with van der Waals surface area (Å²) in [7, 11) is 0. The van der Waals surface area contributed by atoms with E-state index in [1.165, 1.54) is 0 Å². The van der Waals surface area contributed by atoms with E-state index in [0.29, 0.717) is 13.0 Å². The Kier molecular flexibility index (Phi) is 7.25. The molecule has 2 aromatic carbocycles. The molecule has 0 saturated carbocycles. The number of benzene rings is 2. The first-order valence-corrected chi connectivity index (χ1v) is 10.4. The number of hydrogen-bond donors (Lipinski definition) is 3. The Morgan fingerprint density at radius 2 is 1.93 bits per heavy atom. The fraction of sp³-hybridized carbons (Fsp3) is 0.391. The molecule has 3 rings (SSSR count). The van der Waals surface area contributed by atoms with Crippen LogP contribution in [0.2, 0.25) is 0 Å². The summed E-state index contributed by atoms with van der Waals surface area (Å²) < 4.78 is 0. The van der Waals surface area contributed by atoms with Crippen molar-refractivity contribution in [1.82, 2.24) is 0 Å². The molecule has 1 heterocycles. The smallest absolute Gasteiger partial charge is 0.246 e. The van der Waals surface area contributed by atoms with Gasteiger partial charge in [0.25, 0.3) is 0 Å². The number of hydrogen-bond acceptors (Lipinski definition) is 4. The second-order valence-electron chi connectivity index (χ2n) is 7.43. The van der Waals surface area contributed by atoms with Crippen molar-refractivity contribution in [3.63, 3.8) is 0 Å². The van der Waals surface area contributed by atoms with Gasteiger partial charge in [0.1, 0.15) is 6.04 Å². The number of piperidine rings is 1. The topological polar surface area (TPSA) is 87.5 Å². The highest BCUT2D eigenvalue weighted by molar-refractivity contribution is 5.97. The molecule has 1 aliphatic heterocycles. The van der Waals surface area contributed by atoms with Gasteiger partial charge in [0.15, 0.2) is 0 Å². The van der Waals surface area contributed by atoms with E-state index < -0.39 is 0 Å². The number of nitrogens with zero attached hydrogens (tertiary/aromatic N) is 1. The Hall–Kier alpha value is -2.86. The van der Waals surface area contributed by atoms with Gasteiger partial charge < -0.3 is 21.3 Å². The highest BCUT2D eigenvalue weighted by Crippen LogP contribution is 2.23. The van der Waals surface area contributed by atoms with Crippen LogP contribution in [0.3, 0.4) is 0 Å². The Labute approximate surface area is 172 Å². The molecule has 6 nitrogen and oxygen atoms in total. The van der Waals surface area contributed by atoms with E-state index in [1.807, 2.05) is 53.4 Å². The zero-order valence-corrected chi connectivity index (χ0v) is 17.0. The minimum absolute atomic E-state index is 0.0770. The third-order valence-corrected chi connectivity index (χ3v) is 5.17. The summed E-state index contributed by atoms with van der Waals surface area (Å²) in [6.07, 6.45) is 4.20. The average molecular weight is 395 g/mol. The third-order valence-electron chi connectivity index (χ3n) is 5.17. The summed E-state index contributed by atoms with van der Waals surface area (Å²) in [5.74, 6) is 0.0896. The van der Waals surface area contributed by atoms with Crippen LogP contribution < -0.4 is 21.3 Å². The molecule has 2 amide bonds. The lowest BCUT2D eigenvalue weighted by molar-refractivity contribution is -0.119. The molecule has 1 atom stereocenters. The van der Waals surface area contributed by atoms with Gasteiger partial charge in [-0.2, -0.15) is 0 Å². The molecule has 4 N–H and O–H groups in total. The zero-order chi connectivity index (χ0) is 20.6. The maximum atomic E-state index is 12.8. The van der Waals surface area contributed by atoms with Gasteiger partial charge in [-0.05, 0) is 61.2 Å². The average Bonchev–Trinajstić information content (AvgIpc) is 2.74. The van der Waals surface area contributed by atoms with E-state index in [1.54, 1.807) is 0 Å². The highest BCUT2D eigenvalue weighted by Gasteiger charge is 2.20. The molecule has 0 spiro atoms. The number of carbonyl (C=O) groups is 2. The van der Waals surface area contributed by atoms with Crippen molar-refractivity contribution in [3.8, 4) is 0 Å². The zero-order valence-electron chi connectivity index (χ0n) is 17.0. The molecule has 0 unspecified atom stereocenters. The van der Waals surface area contributed by atoms with Gasteiger partial charge in [-0.25, -0.2) is 0 Å². The molecule has 2 aromatic rings. The molecule has 29 heavy (non-hydrogen) atoms. The van der Waals surface area contributed by atoms with E-state index >= 15 is 0 Å². The first kappa shape index (κ1) is 20.9. The molecule has 0 aliphatic carbocycles. The molecular formula is C23H30N4O2. The second-order valence-corrected chi connectivity index (χ2v) is 7.43. The van der Waals surface area contributed by atoms with E-state index in [4.69, 9.17) is 5.73 Å². The highest BCUT2D eigenvalue weighted by atomic mass is 16.2. The van der Waals surface area contributed by atoms with Crippen LogP contribution >= 0.6 is 0 Å². The van der Waals surface area contributed by atoms with Crippen LogP contribution in [0.15, 0.2) is 48.5 Å². The lowest BCUT2D eigenvalue weighted by Gasteiger charge is -2.27. The van der Waals surface area contributed by atoms with Gasteiger partial charge in [-0.3, -0.25) is 9.59 Å². The van der Waals surface area contributed by atoms with Crippen LogP contribution in [-0.2, 0) is 16.1 Å². The van der Waals surface area contributed by atoms with E-state index in [9.17, 15) is 9.59 Å². The summed E-state index contributed by atoms with van der Waals surface area (Å²) in [6, 6.07) is 15.0. The van der Waals surface area contributed by atoms with Crippen LogP contribution in [-0.4, -0.2) is 24.4 Å². The van der Waals surface area contributed by atoms with E-state index in [2.05, 4.69) is 17.6 Å². The molecule has 1 fully saturated rings. The number of nitrogens with one attached hydrogen (secondary N) is 2. The Morgan fingerprint density at radius 3 is 2.62 bits per heavy atom. The standard InChI is InChI=1S/C23H30N4O2/c1-2-6-21(25-19-8-5-7-17(15-19)16-24)23(29)26-18-10-12-20(13-11-18)27-14-4-3-9-22(27)28/h5,7-8,10-13,15,21,25H,2-4,6,9,14,16,24H2,1H3,(H,26,29)/t21-/m0/s1. The maximum absolute atomic E-state index is 12.8. The van der Waals surface area contributed by atoms with Gasteiger partial charge in [0.05, 0.1) is 0 Å². The minimum Gasteiger partial charge on any atom is -0.374 e.